The summed E-state index contributed by atoms with van der Waals surface area (Å²) in [5, 5.41) is 4.03. The van der Waals surface area contributed by atoms with Crippen LogP contribution in [0.3, 0.4) is 0 Å². The molecule has 1 atom stereocenters. The Balaban J connectivity index is 2.29. The van der Waals surface area contributed by atoms with Gasteiger partial charge in [0.15, 0.2) is 0 Å². The lowest BCUT2D eigenvalue weighted by Crippen LogP contribution is -2.47. The minimum absolute atomic E-state index is 0.0895. The van der Waals surface area contributed by atoms with E-state index < -0.39 is 6.04 Å². The number of nitrogens with zero attached hydrogens (tertiary/aromatic N) is 1. The minimum atomic E-state index is -0.665. The maximum absolute atomic E-state index is 12.9. The number of benzene rings is 2. The molecule has 138 valence electrons. The summed E-state index contributed by atoms with van der Waals surface area (Å²) in [5.74, 6) is -0.484. The van der Waals surface area contributed by atoms with Crippen LogP contribution in [0.2, 0.25) is 15.1 Å². The Bertz CT molecular complexity index is 811. The van der Waals surface area contributed by atoms with E-state index in [1.54, 1.807) is 43.3 Å². The Hall–Kier alpha value is -1.75. The summed E-state index contributed by atoms with van der Waals surface area (Å²) >= 11 is 18.3. The number of carbonyl (C=O) groups excluding carboxylic acids is 2. The van der Waals surface area contributed by atoms with Crippen molar-refractivity contribution in [1.29, 1.82) is 0 Å². The topological polar surface area (TPSA) is 49.4 Å². The number of carbonyl (C=O) groups is 2. The highest BCUT2D eigenvalue weighted by molar-refractivity contribution is 6.35. The highest BCUT2D eigenvalue weighted by atomic mass is 35.5. The monoisotopic (exact) mass is 412 g/mol. The van der Waals surface area contributed by atoms with Gasteiger partial charge in [-0.15, -0.1) is 0 Å². The van der Waals surface area contributed by atoms with E-state index >= 15 is 0 Å². The average molecular weight is 414 g/mol. The van der Waals surface area contributed by atoms with Crippen molar-refractivity contribution in [2.24, 2.45) is 0 Å². The van der Waals surface area contributed by atoms with Gasteiger partial charge >= 0.3 is 0 Å². The average Bonchev–Trinajstić information content (AvgIpc) is 2.61. The first-order valence-corrected chi connectivity index (χ1v) is 9.15. The molecule has 0 bridgehead atoms. The first-order valence-electron chi connectivity index (χ1n) is 8.02. The molecule has 0 fully saturated rings. The number of nitrogens with one attached hydrogen (secondary N) is 1. The predicted octanol–water partition coefficient (Wildman–Crippen LogP) is 4.35. The van der Waals surface area contributed by atoms with E-state index in [1.807, 2.05) is 6.07 Å². The molecule has 0 saturated carbocycles. The van der Waals surface area contributed by atoms with E-state index in [0.717, 1.165) is 0 Å². The van der Waals surface area contributed by atoms with Crippen LogP contribution >= 0.6 is 34.8 Å². The molecule has 0 heterocycles. The molecule has 7 heteroatoms. The molecule has 2 amide bonds. The second-order valence-corrected chi connectivity index (χ2v) is 7.07. The van der Waals surface area contributed by atoms with E-state index in [1.165, 1.54) is 11.9 Å². The molecule has 4 nitrogen and oxygen atoms in total. The highest BCUT2D eigenvalue weighted by Crippen LogP contribution is 2.24. The molecule has 2 aromatic rings. The molecule has 26 heavy (non-hydrogen) atoms. The van der Waals surface area contributed by atoms with Gasteiger partial charge in [0.05, 0.1) is 6.42 Å². The van der Waals surface area contributed by atoms with Crippen molar-refractivity contribution in [3.8, 4) is 0 Å². The fraction of sp³-hybridized carbons (Fsp3) is 0.263. The lowest BCUT2D eigenvalue weighted by Gasteiger charge is -2.29. The van der Waals surface area contributed by atoms with Crippen molar-refractivity contribution in [1.82, 2.24) is 10.2 Å². The molecule has 1 unspecified atom stereocenters. The fourth-order valence-electron chi connectivity index (χ4n) is 2.53. The summed E-state index contributed by atoms with van der Waals surface area (Å²) in [4.78, 5) is 26.5. The molecular formula is C19H19Cl3N2O2. The molecule has 1 N–H and O–H groups in total. The van der Waals surface area contributed by atoms with Gasteiger partial charge < -0.3 is 10.2 Å². The Labute approximate surface area is 168 Å². The lowest BCUT2D eigenvalue weighted by molar-refractivity contribution is -0.139. The summed E-state index contributed by atoms with van der Waals surface area (Å²) in [6.45, 7) is 1.86. The van der Waals surface area contributed by atoms with Gasteiger partial charge in [0.2, 0.25) is 11.8 Å². The van der Waals surface area contributed by atoms with Crippen LogP contribution in [0.4, 0.5) is 0 Å². The zero-order valence-corrected chi connectivity index (χ0v) is 16.7. The third-order valence-corrected chi connectivity index (χ3v) is 5.02. The van der Waals surface area contributed by atoms with Gasteiger partial charge in [0.1, 0.15) is 6.04 Å². The van der Waals surface area contributed by atoms with Crippen molar-refractivity contribution >= 4 is 46.6 Å². The summed E-state index contributed by atoms with van der Waals surface area (Å²) in [6, 6.07) is 11.5. The van der Waals surface area contributed by atoms with Crippen LogP contribution in [0.25, 0.3) is 0 Å². The molecule has 0 saturated heterocycles. The predicted molar refractivity (Wildman–Crippen MR) is 106 cm³/mol. The zero-order valence-electron chi connectivity index (χ0n) is 14.4. The van der Waals surface area contributed by atoms with Crippen LogP contribution in [0.15, 0.2) is 42.5 Å². The number of halogens is 3. The number of amides is 2. The molecule has 0 spiro atoms. The molecular weight excluding hydrogens is 395 g/mol. The number of hydrogen-bond acceptors (Lipinski definition) is 2. The summed E-state index contributed by atoms with van der Waals surface area (Å²) < 4.78 is 0. The van der Waals surface area contributed by atoms with Crippen LogP contribution in [0.1, 0.15) is 18.1 Å². The smallest absolute Gasteiger partial charge is 0.242 e. The number of rotatable bonds is 6. The lowest BCUT2D eigenvalue weighted by atomic mass is 10.1. The first kappa shape index (κ1) is 20.6. The highest BCUT2D eigenvalue weighted by Gasteiger charge is 2.26. The van der Waals surface area contributed by atoms with Gasteiger partial charge in [-0.1, -0.05) is 59.1 Å². The second kappa shape index (κ2) is 9.26. The molecule has 0 aliphatic rings. The minimum Gasteiger partial charge on any atom is -0.357 e. The van der Waals surface area contributed by atoms with E-state index in [2.05, 4.69) is 5.32 Å². The van der Waals surface area contributed by atoms with Gasteiger partial charge in [0, 0.05) is 28.7 Å². The molecule has 2 rings (SSSR count). The van der Waals surface area contributed by atoms with Gasteiger partial charge in [-0.25, -0.2) is 0 Å². The normalized spacial score (nSPS) is 11.7. The van der Waals surface area contributed by atoms with E-state index in [0.29, 0.717) is 26.2 Å². The molecule has 2 aromatic carbocycles. The molecule has 0 aliphatic carbocycles. The van der Waals surface area contributed by atoms with Crippen LogP contribution in [-0.4, -0.2) is 29.8 Å². The Morgan fingerprint density at radius 2 is 1.73 bits per heavy atom. The number of hydrogen-bond donors (Lipinski definition) is 1. The van der Waals surface area contributed by atoms with E-state index in [-0.39, 0.29) is 24.8 Å². The maximum Gasteiger partial charge on any atom is 0.242 e. The fourth-order valence-corrected chi connectivity index (χ4v) is 3.20. The standard InChI is InChI=1S/C19H19Cl3N2O2/c1-12(19(26)23-2)24(11-14-7-8-15(20)10-17(14)22)18(25)9-13-5-3-4-6-16(13)21/h3-8,10,12H,9,11H2,1-2H3,(H,23,26). The molecule has 0 aromatic heterocycles. The van der Waals surface area contributed by atoms with Crippen LogP contribution in [0, 0.1) is 0 Å². The summed E-state index contributed by atoms with van der Waals surface area (Å²) in [6.07, 6.45) is 0.0895. The quantitative estimate of drug-likeness (QED) is 0.765. The Morgan fingerprint density at radius 1 is 1.04 bits per heavy atom. The van der Waals surface area contributed by atoms with Crippen LogP contribution in [-0.2, 0) is 22.6 Å². The van der Waals surface area contributed by atoms with Crippen LogP contribution in [0.5, 0.6) is 0 Å². The maximum atomic E-state index is 12.9. The molecule has 0 radical (unpaired) electrons. The Morgan fingerprint density at radius 3 is 2.35 bits per heavy atom. The second-order valence-electron chi connectivity index (χ2n) is 5.82. The largest absolute Gasteiger partial charge is 0.357 e. The SMILES string of the molecule is CNC(=O)C(C)N(Cc1ccc(Cl)cc1Cl)C(=O)Cc1ccccc1Cl. The van der Waals surface area contributed by atoms with Crippen molar-refractivity contribution in [2.45, 2.75) is 25.9 Å². The summed E-state index contributed by atoms with van der Waals surface area (Å²) in [5.41, 5.74) is 1.41. The third-order valence-electron chi connectivity index (χ3n) is 4.07. The number of likely N-dealkylation sites (N-methyl/N-ethyl adjacent to an activating group) is 1. The first-order chi connectivity index (χ1) is 12.3. The van der Waals surface area contributed by atoms with E-state index in [9.17, 15) is 9.59 Å². The van der Waals surface area contributed by atoms with Crippen LogP contribution < -0.4 is 5.32 Å². The summed E-state index contributed by atoms with van der Waals surface area (Å²) in [7, 11) is 1.53. The van der Waals surface area contributed by atoms with Gasteiger partial charge in [0.25, 0.3) is 0 Å². The Kier molecular flexibility index (Phi) is 7.33. The van der Waals surface area contributed by atoms with Crippen molar-refractivity contribution in [3.05, 3.63) is 68.7 Å². The van der Waals surface area contributed by atoms with Crippen molar-refractivity contribution in [3.63, 3.8) is 0 Å². The van der Waals surface area contributed by atoms with Gasteiger partial charge in [-0.2, -0.15) is 0 Å². The van der Waals surface area contributed by atoms with E-state index in [4.69, 9.17) is 34.8 Å². The third kappa shape index (κ3) is 5.13. The van der Waals surface area contributed by atoms with Gasteiger partial charge in [-0.05, 0) is 36.2 Å². The van der Waals surface area contributed by atoms with Crippen molar-refractivity contribution in [2.75, 3.05) is 7.05 Å². The zero-order chi connectivity index (χ0) is 19.3. The van der Waals surface area contributed by atoms with Crippen molar-refractivity contribution < 1.29 is 9.59 Å². The molecule has 0 aliphatic heterocycles. The van der Waals surface area contributed by atoms with Gasteiger partial charge in [-0.3, -0.25) is 9.59 Å².